The largest absolute Gasteiger partial charge is 1.00 e. The molecule has 126 valence electrons. The molecule has 3 rings (SSSR count). The van der Waals surface area contributed by atoms with Crippen molar-refractivity contribution in [3.05, 3.63) is 69.0 Å². The van der Waals surface area contributed by atoms with E-state index >= 15 is 0 Å². The maximum Gasteiger partial charge on any atom is 1.00 e. The van der Waals surface area contributed by atoms with E-state index in [0.717, 1.165) is 25.4 Å². The van der Waals surface area contributed by atoms with Crippen molar-refractivity contribution in [2.45, 2.75) is 18.2 Å². The Hall–Kier alpha value is -0.380. The van der Waals surface area contributed by atoms with E-state index in [9.17, 15) is 13.0 Å². The van der Waals surface area contributed by atoms with Crippen LogP contribution in [0.2, 0.25) is 0 Å². The molecule has 0 amide bonds. The molecule has 0 aliphatic heterocycles. The van der Waals surface area contributed by atoms with Crippen LogP contribution in [0.5, 0.6) is 0 Å². The van der Waals surface area contributed by atoms with Gasteiger partial charge in [0.15, 0.2) is 0 Å². The van der Waals surface area contributed by atoms with Gasteiger partial charge in [0.25, 0.3) is 10.1 Å². The molecular formula is C17H15NaO3S4. The van der Waals surface area contributed by atoms with E-state index in [1.807, 2.05) is 36.4 Å². The summed E-state index contributed by atoms with van der Waals surface area (Å²) in [6, 6.07) is 15.1. The van der Waals surface area contributed by atoms with Crippen LogP contribution in [0.4, 0.5) is 0 Å². The van der Waals surface area contributed by atoms with E-state index in [4.69, 9.17) is 12.2 Å². The summed E-state index contributed by atoms with van der Waals surface area (Å²) in [4.78, 5) is 1.06. The summed E-state index contributed by atoms with van der Waals surface area (Å²) < 4.78 is 33.2. The van der Waals surface area contributed by atoms with Crippen LogP contribution in [0.15, 0.2) is 53.4 Å². The summed E-state index contributed by atoms with van der Waals surface area (Å²) >= 11 is 5.47. The molecule has 1 aromatic heterocycles. The molecule has 0 spiro atoms. The fraction of sp³-hybridized carbons (Fsp3) is 0.118. The van der Waals surface area contributed by atoms with Crippen molar-refractivity contribution in [3.8, 4) is 10.4 Å². The van der Waals surface area contributed by atoms with Crippen LogP contribution < -0.4 is 29.6 Å². The van der Waals surface area contributed by atoms with Crippen LogP contribution in [-0.2, 0) is 16.5 Å². The number of rotatable bonds is 4. The molecule has 0 fully saturated rings. The Balaban J connectivity index is 0.00000169. The number of aryl methyl sites for hydroxylation is 1. The monoisotopic (exact) mass is 418 g/mol. The number of benzene rings is 2. The van der Waals surface area contributed by atoms with Gasteiger partial charge in [-0.05, 0) is 29.7 Å². The predicted octanol–water partition coefficient (Wildman–Crippen LogP) is 2.47. The van der Waals surface area contributed by atoms with Crippen molar-refractivity contribution >= 4 is 43.0 Å². The molecule has 0 saturated carbocycles. The first-order valence-electron chi connectivity index (χ1n) is 7.10. The Kier molecular flexibility index (Phi) is 7.15. The van der Waals surface area contributed by atoms with Gasteiger partial charge in [0.05, 0.1) is 9.77 Å². The van der Waals surface area contributed by atoms with Crippen molar-refractivity contribution < 1.29 is 44.0 Å². The first kappa shape index (κ1) is 20.9. The molecule has 0 bridgehead atoms. The Labute approximate surface area is 183 Å². The third kappa shape index (κ3) is 4.87. The molecule has 3 aromatic rings. The quantitative estimate of drug-likeness (QED) is 0.306. The summed E-state index contributed by atoms with van der Waals surface area (Å²) in [6.45, 7) is 1.66. The summed E-state index contributed by atoms with van der Waals surface area (Å²) in [7, 11) is -1.05. The average molecular weight is 419 g/mol. The second kappa shape index (κ2) is 8.54. The molecule has 1 heterocycles. The maximum atomic E-state index is 11.5. The van der Waals surface area contributed by atoms with Gasteiger partial charge >= 0.3 is 29.6 Å². The fourth-order valence-electron chi connectivity index (χ4n) is 2.47. The van der Waals surface area contributed by atoms with Crippen LogP contribution in [0.3, 0.4) is 0 Å². The van der Waals surface area contributed by atoms with Gasteiger partial charge in [-0.3, -0.25) is 4.55 Å². The SMILES string of the molecule is Cc1ccc(Cc2c(-c3ccccc3)ssc2=S)cc1S(=O)(=O)O.[H-].[Na+]. The predicted molar refractivity (Wildman–Crippen MR) is 103 cm³/mol. The van der Waals surface area contributed by atoms with Gasteiger partial charge in [0, 0.05) is 12.0 Å². The standard InChI is InChI=1S/C17H14O3S4.Na.H/c1-11-7-8-12(10-15(11)24(18,19)20)9-14-16(22-23-17(14)21)13-5-3-2-4-6-13;;/h2-8,10H,9H2,1H3,(H,18,19,20);;/q;+1;-1. The van der Waals surface area contributed by atoms with Crippen LogP contribution in [0.25, 0.3) is 10.4 Å². The van der Waals surface area contributed by atoms with Gasteiger partial charge < -0.3 is 1.43 Å². The van der Waals surface area contributed by atoms with Crippen molar-refractivity contribution in [2.24, 2.45) is 0 Å². The summed E-state index contributed by atoms with van der Waals surface area (Å²) in [5.41, 5.74) is 3.46. The molecule has 0 aliphatic carbocycles. The van der Waals surface area contributed by atoms with Crippen molar-refractivity contribution in [1.82, 2.24) is 0 Å². The summed E-state index contributed by atoms with van der Waals surface area (Å²) in [5.74, 6) is 0. The molecule has 0 unspecified atom stereocenters. The molecule has 0 radical (unpaired) electrons. The van der Waals surface area contributed by atoms with Crippen LogP contribution in [-0.4, -0.2) is 13.0 Å². The van der Waals surface area contributed by atoms with E-state index in [-0.39, 0.29) is 35.9 Å². The van der Waals surface area contributed by atoms with E-state index < -0.39 is 10.1 Å². The normalized spacial score (nSPS) is 11.1. The molecule has 0 aliphatic rings. The first-order chi connectivity index (χ1) is 11.4. The molecule has 8 heteroatoms. The fourth-order valence-corrected chi connectivity index (χ4v) is 6.17. The van der Waals surface area contributed by atoms with Crippen molar-refractivity contribution in [3.63, 3.8) is 0 Å². The number of hydrogen-bond acceptors (Lipinski definition) is 5. The molecule has 25 heavy (non-hydrogen) atoms. The Bertz CT molecular complexity index is 1040. The third-order valence-electron chi connectivity index (χ3n) is 3.67. The zero-order valence-electron chi connectivity index (χ0n) is 14.7. The van der Waals surface area contributed by atoms with Gasteiger partial charge in [0.2, 0.25) is 0 Å². The maximum absolute atomic E-state index is 11.5. The van der Waals surface area contributed by atoms with Crippen LogP contribution >= 0.6 is 32.9 Å². The third-order valence-corrected chi connectivity index (χ3v) is 7.86. The topological polar surface area (TPSA) is 54.4 Å². The Morgan fingerprint density at radius 3 is 2.44 bits per heavy atom. The molecule has 3 nitrogen and oxygen atoms in total. The van der Waals surface area contributed by atoms with Gasteiger partial charge in [-0.25, -0.2) is 0 Å². The Morgan fingerprint density at radius 2 is 1.80 bits per heavy atom. The Morgan fingerprint density at radius 1 is 1.12 bits per heavy atom. The van der Waals surface area contributed by atoms with E-state index in [1.54, 1.807) is 33.7 Å². The van der Waals surface area contributed by atoms with Crippen molar-refractivity contribution in [2.75, 3.05) is 0 Å². The molecule has 0 saturated heterocycles. The van der Waals surface area contributed by atoms with Crippen LogP contribution in [0.1, 0.15) is 18.1 Å². The van der Waals surface area contributed by atoms with Gasteiger partial charge in [0.1, 0.15) is 3.82 Å². The van der Waals surface area contributed by atoms with Gasteiger partial charge in [-0.1, -0.05) is 75.4 Å². The summed E-state index contributed by atoms with van der Waals surface area (Å²) in [5, 5.41) is 0. The van der Waals surface area contributed by atoms with E-state index in [1.165, 1.54) is 6.07 Å². The van der Waals surface area contributed by atoms with E-state index in [2.05, 4.69) is 0 Å². The second-order valence-electron chi connectivity index (χ2n) is 5.38. The summed E-state index contributed by atoms with van der Waals surface area (Å²) in [6.07, 6.45) is 0.534. The zero-order chi connectivity index (χ0) is 17.3. The minimum atomic E-state index is -4.23. The molecular weight excluding hydrogens is 403 g/mol. The number of hydrogen-bond donors (Lipinski definition) is 1. The zero-order valence-corrected chi connectivity index (χ0v) is 19.0. The second-order valence-corrected chi connectivity index (χ2v) is 9.59. The van der Waals surface area contributed by atoms with E-state index in [0.29, 0.717) is 12.0 Å². The molecule has 0 atom stereocenters. The smallest absolute Gasteiger partial charge is 1.00 e. The average Bonchev–Trinajstić information content (AvgIpc) is 2.90. The van der Waals surface area contributed by atoms with Crippen molar-refractivity contribution in [1.29, 1.82) is 0 Å². The molecule has 1 N–H and O–H groups in total. The van der Waals surface area contributed by atoms with Gasteiger partial charge in [-0.2, -0.15) is 8.42 Å². The van der Waals surface area contributed by atoms with Crippen LogP contribution in [0, 0.1) is 10.7 Å². The minimum absolute atomic E-state index is 0. The van der Waals surface area contributed by atoms with Gasteiger partial charge in [-0.15, -0.1) is 0 Å². The first-order valence-corrected chi connectivity index (χ1v) is 11.1. The minimum Gasteiger partial charge on any atom is -1.00 e. The molecule has 2 aromatic carbocycles.